The molecule has 1 heterocycles. The van der Waals surface area contributed by atoms with Crippen LogP contribution >= 0.6 is 0 Å². The van der Waals surface area contributed by atoms with Crippen LogP contribution in [-0.2, 0) is 11.2 Å². The predicted octanol–water partition coefficient (Wildman–Crippen LogP) is 4.75. The van der Waals surface area contributed by atoms with E-state index in [0.29, 0.717) is 6.42 Å². The van der Waals surface area contributed by atoms with Crippen molar-refractivity contribution < 1.29 is 4.79 Å². The van der Waals surface area contributed by atoms with E-state index in [0.717, 1.165) is 24.0 Å². The molecule has 0 fully saturated rings. The first-order valence-electron chi connectivity index (χ1n) is 8.05. The minimum atomic E-state index is 0.0769. The zero-order valence-corrected chi connectivity index (χ0v) is 13.6. The number of hydrogen-bond donors (Lipinski definition) is 2. The molecule has 0 aliphatic rings. The first kappa shape index (κ1) is 15.3. The van der Waals surface area contributed by atoms with Crippen LogP contribution in [0.5, 0.6) is 0 Å². The average molecular weight is 306 g/mol. The van der Waals surface area contributed by atoms with Crippen molar-refractivity contribution in [2.75, 3.05) is 5.32 Å². The number of para-hydroxylation sites is 1. The molecule has 0 spiro atoms. The smallest absolute Gasteiger partial charge is 0.224 e. The van der Waals surface area contributed by atoms with Crippen LogP contribution < -0.4 is 5.32 Å². The topological polar surface area (TPSA) is 44.9 Å². The second kappa shape index (κ2) is 6.69. The van der Waals surface area contributed by atoms with Gasteiger partial charge in [-0.05, 0) is 61.6 Å². The molecular formula is C20H22N2O. The summed E-state index contributed by atoms with van der Waals surface area (Å²) < 4.78 is 0. The van der Waals surface area contributed by atoms with E-state index in [9.17, 15) is 4.79 Å². The minimum Gasteiger partial charge on any atom is -0.361 e. The van der Waals surface area contributed by atoms with Crippen LogP contribution in [0.2, 0.25) is 0 Å². The number of aromatic nitrogens is 1. The lowest BCUT2D eigenvalue weighted by atomic mass is 10.1. The first-order valence-corrected chi connectivity index (χ1v) is 8.05. The number of H-pyrrole nitrogens is 1. The fourth-order valence-corrected chi connectivity index (χ4v) is 2.82. The Morgan fingerprint density at radius 2 is 1.91 bits per heavy atom. The van der Waals surface area contributed by atoms with E-state index < -0.39 is 0 Å². The summed E-state index contributed by atoms with van der Waals surface area (Å²) in [7, 11) is 0. The first-order chi connectivity index (χ1) is 11.1. The number of amides is 1. The number of benzene rings is 2. The highest BCUT2D eigenvalue weighted by Crippen LogP contribution is 2.20. The highest BCUT2D eigenvalue weighted by atomic mass is 16.1. The van der Waals surface area contributed by atoms with E-state index in [4.69, 9.17) is 0 Å². The lowest BCUT2D eigenvalue weighted by Gasteiger charge is -2.07. The maximum Gasteiger partial charge on any atom is 0.224 e. The van der Waals surface area contributed by atoms with Gasteiger partial charge < -0.3 is 10.3 Å². The Hall–Kier alpha value is -2.55. The van der Waals surface area contributed by atoms with Crippen LogP contribution in [-0.4, -0.2) is 10.9 Å². The third-order valence-electron chi connectivity index (χ3n) is 4.32. The van der Waals surface area contributed by atoms with Crippen molar-refractivity contribution >= 4 is 22.5 Å². The van der Waals surface area contributed by atoms with Gasteiger partial charge in [-0.2, -0.15) is 0 Å². The third kappa shape index (κ3) is 3.62. The zero-order chi connectivity index (χ0) is 16.2. The standard InChI is InChI=1S/C20H22N2O/c1-14-10-11-17(12-15(14)2)22-20(23)9-5-6-16-13-21-19-8-4-3-7-18(16)19/h3-4,7-8,10-13,21H,5-6,9H2,1-2H3,(H,22,23). The van der Waals surface area contributed by atoms with E-state index in [2.05, 4.69) is 36.3 Å². The number of fused-ring (bicyclic) bond motifs is 1. The number of rotatable bonds is 5. The SMILES string of the molecule is Cc1ccc(NC(=O)CCCc2c[nH]c3ccccc23)cc1C. The second-order valence-electron chi connectivity index (χ2n) is 6.06. The van der Waals surface area contributed by atoms with Crippen molar-refractivity contribution in [2.24, 2.45) is 0 Å². The fourth-order valence-electron chi connectivity index (χ4n) is 2.82. The van der Waals surface area contributed by atoms with Crippen molar-refractivity contribution in [1.82, 2.24) is 4.98 Å². The minimum absolute atomic E-state index is 0.0769. The molecule has 0 unspecified atom stereocenters. The molecule has 0 bridgehead atoms. The largest absolute Gasteiger partial charge is 0.361 e. The molecule has 1 amide bonds. The molecule has 2 aromatic carbocycles. The van der Waals surface area contributed by atoms with Crippen molar-refractivity contribution in [3.8, 4) is 0 Å². The molecule has 0 saturated heterocycles. The Morgan fingerprint density at radius 1 is 1.09 bits per heavy atom. The number of nitrogens with one attached hydrogen (secondary N) is 2. The molecule has 0 saturated carbocycles. The van der Waals surface area contributed by atoms with Crippen molar-refractivity contribution in [1.29, 1.82) is 0 Å². The fraction of sp³-hybridized carbons (Fsp3) is 0.250. The molecule has 3 rings (SSSR count). The van der Waals surface area contributed by atoms with Gasteiger partial charge in [0.2, 0.25) is 5.91 Å². The average Bonchev–Trinajstić information content (AvgIpc) is 2.94. The van der Waals surface area contributed by atoms with Gasteiger partial charge in [-0.1, -0.05) is 24.3 Å². The van der Waals surface area contributed by atoms with E-state index in [1.807, 2.05) is 36.5 Å². The Balaban J connectivity index is 1.54. The van der Waals surface area contributed by atoms with Crippen LogP contribution in [0.25, 0.3) is 10.9 Å². The van der Waals surface area contributed by atoms with Gasteiger partial charge in [0.15, 0.2) is 0 Å². The van der Waals surface area contributed by atoms with Crippen molar-refractivity contribution in [3.63, 3.8) is 0 Å². The molecule has 1 aromatic heterocycles. The quantitative estimate of drug-likeness (QED) is 0.702. The van der Waals surface area contributed by atoms with Gasteiger partial charge in [0, 0.05) is 29.2 Å². The van der Waals surface area contributed by atoms with Crippen LogP contribution in [0.3, 0.4) is 0 Å². The summed E-state index contributed by atoms with van der Waals surface area (Å²) in [6.07, 6.45) is 4.33. The Bertz CT molecular complexity index is 833. The second-order valence-corrected chi connectivity index (χ2v) is 6.06. The Kier molecular flexibility index (Phi) is 4.47. The molecule has 0 aliphatic heterocycles. The van der Waals surface area contributed by atoms with E-state index in [1.165, 1.54) is 22.1 Å². The van der Waals surface area contributed by atoms with Crippen LogP contribution in [0.4, 0.5) is 5.69 Å². The van der Waals surface area contributed by atoms with Gasteiger partial charge in [0.1, 0.15) is 0 Å². The van der Waals surface area contributed by atoms with E-state index in [1.54, 1.807) is 0 Å². The molecule has 3 heteroatoms. The highest BCUT2D eigenvalue weighted by Gasteiger charge is 2.06. The molecule has 3 nitrogen and oxygen atoms in total. The summed E-state index contributed by atoms with van der Waals surface area (Å²) >= 11 is 0. The van der Waals surface area contributed by atoms with Gasteiger partial charge in [-0.3, -0.25) is 4.79 Å². The molecule has 0 atom stereocenters. The number of carbonyl (C=O) groups excluding carboxylic acids is 1. The number of carbonyl (C=O) groups is 1. The Labute approximate surface area is 136 Å². The molecule has 3 aromatic rings. The zero-order valence-electron chi connectivity index (χ0n) is 13.6. The molecule has 0 aliphatic carbocycles. The maximum atomic E-state index is 12.1. The van der Waals surface area contributed by atoms with Gasteiger partial charge in [-0.25, -0.2) is 0 Å². The molecule has 0 radical (unpaired) electrons. The summed E-state index contributed by atoms with van der Waals surface area (Å²) in [6.45, 7) is 4.13. The lowest BCUT2D eigenvalue weighted by molar-refractivity contribution is -0.116. The lowest BCUT2D eigenvalue weighted by Crippen LogP contribution is -2.11. The normalized spacial score (nSPS) is 10.9. The number of anilines is 1. The summed E-state index contributed by atoms with van der Waals surface area (Å²) in [6, 6.07) is 14.3. The summed E-state index contributed by atoms with van der Waals surface area (Å²) in [5, 5.41) is 4.23. The molecule has 23 heavy (non-hydrogen) atoms. The predicted molar refractivity (Wildman–Crippen MR) is 95.8 cm³/mol. The number of aromatic amines is 1. The van der Waals surface area contributed by atoms with Crippen molar-refractivity contribution in [2.45, 2.75) is 33.1 Å². The number of hydrogen-bond acceptors (Lipinski definition) is 1. The van der Waals surface area contributed by atoms with E-state index in [-0.39, 0.29) is 5.91 Å². The maximum absolute atomic E-state index is 12.1. The summed E-state index contributed by atoms with van der Waals surface area (Å²) in [5.41, 5.74) is 5.75. The van der Waals surface area contributed by atoms with Crippen LogP contribution in [0.15, 0.2) is 48.7 Å². The van der Waals surface area contributed by atoms with Gasteiger partial charge in [0.05, 0.1) is 0 Å². The van der Waals surface area contributed by atoms with Crippen molar-refractivity contribution in [3.05, 3.63) is 65.4 Å². The molecule has 118 valence electrons. The van der Waals surface area contributed by atoms with Gasteiger partial charge >= 0.3 is 0 Å². The van der Waals surface area contributed by atoms with Gasteiger partial charge in [-0.15, -0.1) is 0 Å². The Morgan fingerprint density at radius 3 is 2.74 bits per heavy atom. The molecule has 2 N–H and O–H groups in total. The van der Waals surface area contributed by atoms with Gasteiger partial charge in [0.25, 0.3) is 0 Å². The summed E-state index contributed by atoms with van der Waals surface area (Å²) in [4.78, 5) is 15.4. The van der Waals surface area contributed by atoms with Crippen LogP contribution in [0.1, 0.15) is 29.5 Å². The highest BCUT2D eigenvalue weighted by molar-refractivity contribution is 5.91. The molecular weight excluding hydrogens is 284 g/mol. The monoisotopic (exact) mass is 306 g/mol. The van der Waals surface area contributed by atoms with E-state index >= 15 is 0 Å². The number of aryl methyl sites for hydroxylation is 3. The van der Waals surface area contributed by atoms with Crippen LogP contribution in [0, 0.1) is 13.8 Å². The summed E-state index contributed by atoms with van der Waals surface area (Å²) in [5.74, 6) is 0.0769. The third-order valence-corrected chi connectivity index (χ3v) is 4.32.